The van der Waals surface area contributed by atoms with Gasteiger partial charge in [-0.15, -0.1) is 0 Å². The first-order valence-electron chi connectivity index (χ1n) is 12.7. The lowest BCUT2D eigenvalue weighted by molar-refractivity contribution is -0.129. The summed E-state index contributed by atoms with van der Waals surface area (Å²) >= 11 is 0. The van der Waals surface area contributed by atoms with Gasteiger partial charge in [0.15, 0.2) is 12.4 Å². The number of carbonyl (C=O) groups excluding carboxylic acids is 1. The number of nitrogens with one attached hydrogen (secondary N) is 1. The van der Waals surface area contributed by atoms with Gasteiger partial charge in [0.05, 0.1) is 29.5 Å². The summed E-state index contributed by atoms with van der Waals surface area (Å²) in [6, 6.07) is 9.85. The van der Waals surface area contributed by atoms with Gasteiger partial charge in [0.1, 0.15) is 5.75 Å². The van der Waals surface area contributed by atoms with Gasteiger partial charge in [-0.2, -0.15) is 5.10 Å². The molecule has 0 aliphatic carbocycles. The molecule has 200 valence electrons. The van der Waals surface area contributed by atoms with E-state index in [1.54, 1.807) is 24.0 Å². The van der Waals surface area contributed by atoms with Crippen LogP contribution in [-0.4, -0.2) is 45.5 Å². The molecule has 2 aromatic heterocycles. The van der Waals surface area contributed by atoms with Gasteiger partial charge in [0.25, 0.3) is 5.56 Å². The van der Waals surface area contributed by atoms with E-state index in [9.17, 15) is 9.59 Å². The topological polar surface area (TPSA) is 106 Å². The summed E-state index contributed by atoms with van der Waals surface area (Å²) in [6.45, 7) is 8.51. The zero-order valence-corrected chi connectivity index (χ0v) is 22.8. The maximum Gasteiger partial charge on any atom is 0.259 e. The number of aliphatic hydroxyl groups is 1. The first kappa shape index (κ1) is 27.3. The Bertz CT molecular complexity index is 1510. The standard InChI is InChI=1S/C29H31N3O4.CH4O/c1-17-19-10-7-13-35-23(19)12-11-20(17)25-22-9-6-8-21(18-14-30-31-15-18)26(22)28(34)32(5)27(25)24(16-33)36-29(2,3)4;1-2/h6,8-9,11-12,14-16,24H,7,10,13H2,1-5H3,(H,30,31);2H,1H3/t24-;/m0./s1. The van der Waals surface area contributed by atoms with Gasteiger partial charge in [-0.05, 0) is 74.2 Å². The number of aliphatic hydroxyl groups excluding tert-OH is 1. The van der Waals surface area contributed by atoms with Gasteiger partial charge < -0.3 is 23.9 Å². The van der Waals surface area contributed by atoms with E-state index >= 15 is 0 Å². The molecule has 8 heteroatoms. The normalized spacial score (nSPS) is 13.8. The van der Waals surface area contributed by atoms with Gasteiger partial charge in [0, 0.05) is 31.5 Å². The number of hydrogen-bond donors (Lipinski definition) is 2. The Hall–Kier alpha value is -3.75. The number of nitrogens with zero attached hydrogens (tertiary/aromatic N) is 2. The third-order valence-corrected chi connectivity index (χ3v) is 6.81. The van der Waals surface area contributed by atoms with Gasteiger partial charge in [0.2, 0.25) is 0 Å². The molecule has 0 saturated carbocycles. The van der Waals surface area contributed by atoms with E-state index < -0.39 is 11.7 Å². The summed E-state index contributed by atoms with van der Waals surface area (Å²) in [5, 5.41) is 15.3. The van der Waals surface area contributed by atoms with E-state index in [0.717, 1.165) is 70.8 Å². The van der Waals surface area contributed by atoms with Crippen LogP contribution < -0.4 is 10.3 Å². The number of rotatable bonds is 5. The smallest absolute Gasteiger partial charge is 0.259 e. The molecule has 0 saturated heterocycles. The molecule has 2 N–H and O–H groups in total. The Labute approximate surface area is 222 Å². The monoisotopic (exact) mass is 517 g/mol. The number of hydrogen-bond acceptors (Lipinski definition) is 6. The van der Waals surface area contributed by atoms with Gasteiger partial charge in [-0.25, -0.2) is 0 Å². The van der Waals surface area contributed by atoms with Crippen LogP contribution in [-0.2, 0) is 23.0 Å². The fourth-order valence-corrected chi connectivity index (χ4v) is 5.24. The molecular weight excluding hydrogens is 482 g/mol. The van der Waals surface area contributed by atoms with Crippen LogP contribution in [0.25, 0.3) is 33.0 Å². The SMILES string of the molecule is CO.Cc1c(-c2c([C@H](C=O)OC(C)(C)C)n(C)c(=O)c3c(-c4cn[nH]c4)cccc23)ccc2c1CCCO2. The van der Waals surface area contributed by atoms with Crippen LogP contribution in [0.4, 0.5) is 0 Å². The molecule has 0 radical (unpaired) electrons. The number of aromatic amines is 1. The number of benzene rings is 2. The predicted molar refractivity (Wildman–Crippen MR) is 149 cm³/mol. The number of H-pyrrole nitrogens is 1. The highest BCUT2D eigenvalue weighted by Gasteiger charge is 2.30. The Morgan fingerprint density at radius 1 is 1.18 bits per heavy atom. The minimum atomic E-state index is -0.925. The van der Waals surface area contributed by atoms with Crippen molar-refractivity contribution in [2.45, 2.75) is 52.2 Å². The molecule has 5 rings (SSSR count). The lowest BCUT2D eigenvalue weighted by Crippen LogP contribution is -2.30. The largest absolute Gasteiger partial charge is 0.493 e. The lowest BCUT2D eigenvalue weighted by atomic mass is 9.87. The maximum absolute atomic E-state index is 13.9. The highest BCUT2D eigenvalue weighted by Crippen LogP contribution is 2.42. The Balaban J connectivity index is 0.00000164. The molecular formula is C30H35N3O5. The van der Waals surface area contributed by atoms with Crippen molar-refractivity contribution in [1.82, 2.24) is 14.8 Å². The highest BCUT2D eigenvalue weighted by molar-refractivity contribution is 6.05. The molecule has 4 aromatic rings. The van der Waals surface area contributed by atoms with Crippen molar-refractivity contribution in [1.29, 1.82) is 0 Å². The van der Waals surface area contributed by atoms with Gasteiger partial charge in [-0.3, -0.25) is 9.89 Å². The van der Waals surface area contributed by atoms with Crippen molar-refractivity contribution in [2.24, 2.45) is 7.05 Å². The molecule has 2 aromatic carbocycles. The molecule has 1 atom stereocenters. The number of fused-ring (bicyclic) bond motifs is 2. The fourth-order valence-electron chi connectivity index (χ4n) is 5.24. The van der Waals surface area contributed by atoms with E-state index in [1.165, 1.54) is 0 Å². The molecule has 3 heterocycles. The van der Waals surface area contributed by atoms with Gasteiger partial charge in [-0.1, -0.05) is 24.3 Å². The quantitative estimate of drug-likeness (QED) is 0.365. The van der Waals surface area contributed by atoms with Crippen molar-refractivity contribution < 1.29 is 19.4 Å². The lowest BCUT2D eigenvalue weighted by Gasteiger charge is -2.29. The molecule has 38 heavy (non-hydrogen) atoms. The Morgan fingerprint density at radius 3 is 2.61 bits per heavy atom. The van der Waals surface area contributed by atoms with Crippen LogP contribution in [0.2, 0.25) is 0 Å². The Kier molecular flexibility index (Phi) is 7.85. The van der Waals surface area contributed by atoms with Crippen LogP contribution in [0, 0.1) is 6.92 Å². The molecule has 8 nitrogen and oxygen atoms in total. The highest BCUT2D eigenvalue weighted by atomic mass is 16.5. The summed E-state index contributed by atoms with van der Waals surface area (Å²) in [4.78, 5) is 26.4. The zero-order chi connectivity index (χ0) is 27.6. The zero-order valence-electron chi connectivity index (χ0n) is 22.8. The second-order valence-electron chi connectivity index (χ2n) is 10.3. The summed E-state index contributed by atoms with van der Waals surface area (Å²) in [5.74, 6) is 0.898. The summed E-state index contributed by atoms with van der Waals surface area (Å²) in [5.41, 5.74) is 5.40. The second-order valence-corrected chi connectivity index (χ2v) is 10.3. The van der Waals surface area contributed by atoms with Crippen LogP contribution in [0.15, 0.2) is 47.5 Å². The van der Waals surface area contributed by atoms with E-state index in [-0.39, 0.29) is 5.56 Å². The van der Waals surface area contributed by atoms with E-state index in [1.807, 2.05) is 51.1 Å². The molecule has 1 aliphatic rings. The minimum Gasteiger partial charge on any atom is -0.493 e. The van der Waals surface area contributed by atoms with E-state index in [4.69, 9.17) is 14.6 Å². The average Bonchev–Trinajstić information content (AvgIpc) is 3.45. The number of carbonyl (C=O) groups is 1. The predicted octanol–water partition coefficient (Wildman–Crippen LogP) is 4.89. The van der Waals surface area contributed by atoms with Crippen LogP contribution in [0.5, 0.6) is 5.75 Å². The molecule has 0 fully saturated rings. The first-order valence-corrected chi connectivity index (χ1v) is 12.7. The van der Waals surface area contributed by atoms with Crippen molar-refractivity contribution in [3.8, 4) is 28.0 Å². The number of aldehydes is 1. The number of ether oxygens (including phenoxy) is 2. The third-order valence-electron chi connectivity index (χ3n) is 6.81. The molecule has 0 unspecified atom stereocenters. The maximum atomic E-state index is 13.9. The van der Waals surface area contributed by atoms with Crippen LogP contribution in [0.1, 0.15) is 50.1 Å². The average molecular weight is 518 g/mol. The summed E-state index contributed by atoms with van der Waals surface area (Å²) in [7, 11) is 2.71. The van der Waals surface area contributed by atoms with Gasteiger partial charge >= 0.3 is 0 Å². The van der Waals surface area contributed by atoms with Crippen molar-refractivity contribution in [2.75, 3.05) is 13.7 Å². The fraction of sp³-hybridized carbons (Fsp3) is 0.367. The van der Waals surface area contributed by atoms with Crippen molar-refractivity contribution in [3.63, 3.8) is 0 Å². The molecule has 1 aliphatic heterocycles. The van der Waals surface area contributed by atoms with Crippen LogP contribution >= 0.6 is 0 Å². The number of aromatic nitrogens is 3. The second kappa shape index (κ2) is 10.9. The molecule has 0 spiro atoms. The molecule has 0 amide bonds. The molecule has 0 bridgehead atoms. The summed E-state index contributed by atoms with van der Waals surface area (Å²) in [6.07, 6.45) is 5.22. The third kappa shape index (κ3) is 4.89. The number of pyridine rings is 1. The van der Waals surface area contributed by atoms with E-state index in [0.29, 0.717) is 17.7 Å². The van der Waals surface area contributed by atoms with E-state index in [2.05, 4.69) is 17.1 Å². The first-order chi connectivity index (χ1) is 18.2. The Morgan fingerprint density at radius 2 is 1.95 bits per heavy atom. The van der Waals surface area contributed by atoms with Crippen molar-refractivity contribution >= 4 is 17.1 Å². The van der Waals surface area contributed by atoms with Crippen molar-refractivity contribution in [3.05, 3.63) is 69.9 Å². The summed E-state index contributed by atoms with van der Waals surface area (Å²) < 4.78 is 13.7. The minimum absolute atomic E-state index is 0.191. The van der Waals surface area contributed by atoms with Crippen LogP contribution in [0.3, 0.4) is 0 Å².